The van der Waals surface area contributed by atoms with E-state index >= 15 is 0 Å². The third-order valence-electron chi connectivity index (χ3n) is 2.91. The molecule has 3 N–H and O–H groups in total. The molecule has 116 valence electrons. The smallest absolute Gasteiger partial charge is 0.328 e. The lowest BCUT2D eigenvalue weighted by molar-refractivity contribution is -0.121. The molecule has 8 nitrogen and oxygen atoms in total. The number of rotatable bonds is 10. The molecular weight excluding hydrogens is 276 g/mol. The molecule has 0 aliphatic rings. The van der Waals surface area contributed by atoms with E-state index in [0.717, 1.165) is 23.8 Å². The normalized spacial score (nSPS) is 10.1. The van der Waals surface area contributed by atoms with Gasteiger partial charge in [-0.05, 0) is 12.8 Å². The zero-order valence-electron chi connectivity index (χ0n) is 11.8. The molecule has 2 amide bonds. The third kappa shape index (κ3) is 6.55. The van der Waals surface area contributed by atoms with Crippen LogP contribution < -0.4 is 21.9 Å². The molecule has 0 atom stereocenters. The van der Waals surface area contributed by atoms with Crippen LogP contribution in [0, 0.1) is 0 Å². The summed E-state index contributed by atoms with van der Waals surface area (Å²) >= 11 is 0. The van der Waals surface area contributed by atoms with Crippen LogP contribution in [0.3, 0.4) is 0 Å². The lowest BCUT2D eigenvalue weighted by Gasteiger charge is -2.06. The molecule has 0 unspecified atom stereocenters. The average molecular weight is 296 g/mol. The average Bonchev–Trinajstić information content (AvgIpc) is 2.46. The zero-order chi connectivity index (χ0) is 15.5. The van der Waals surface area contributed by atoms with Crippen molar-refractivity contribution in [3.8, 4) is 0 Å². The van der Waals surface area contributed by atoms with Gasteiger partial charge in [0.25, 0.3) is 5.56 Å². The highest BCUT2D eigenvalue weighted by Crippen LogP contribution is 1.98. The number of carbonyl (C=O) groups excluding carboxylic acids is 2. The van der Waals surface area contributed by atoms with Gasteiger partial charge in [-0.1, -0.05) is 6.42 Å². The summed E-state index contributed by atoms with van der Waals surface area (Å²) in [6, 6.07) is 1.26. The molecule has 0 aliphatic carbocycles. The van der Waals surface area contributed by atoms with E-state index in [4.69, 9.17) is 0 Å². The van der Waals surface area contributed by atoms with Crippen molar-refractivity contribution in [2.24, 2.45) is 0 Å². The monoisotopic (exact) mass is 296 g/mol. The molecule has 1 aromatic rings. The Morgan fingerprint density at radius 3 is 2.76 bits per heavy atom. The second-order valence-corrected chi connectivity index (χ2v) is 4.51. The summed E-state index contributed by atoms with van der Waals surface area (Å²) < 4.78 is 1.03. The fourth-order valence-corrected chi connectivity index (χ4v) is 1.81. The predicted molar refractivity (Wildman–Crippen MR) is 76.9 cm³/mol. The van der Waals surface area contributed by atoms with E-state index in [1.54, 1.807) is 0 Å². The van der Waals surface area contributed by atoms with Crippen LogP contribution in [-0.4, -0.2) is 35.0 Å². The van der Waals surface area contributed by atoms with Crippen molar-refractivity contribution < 1.29 is 9.59 Å². The van der Waals surface area contributed by atoms with E-state index in [-0.39, 0.29) is 19.0 Å². The highest BCUT2D eigenvalue weighted by Gasteiger charge is 2.03. The molecule has 21 heavy (non-hydrogen) atoms. The molecule has 0 aliphatic heterocycles. The van der Waals surface area contributed by atoms with Gasteiger partial charge in [-0.15, -0.1) is 0 Å². The summed E-state index contributed by atoms with van der Waals surface area (Å²) in [4.78, 5) is 46.7. The highest BCUT2D eigenvalue weighted by molar-refractivity contribution is 5.75. The van der Waals surface area contributed by atoms with Crippen LogP contribution >= 0.6 is 0 Å². The molecule has 0 bridgehead atoms. The van der Waals surface area contributed by atoms with Crippen LogP contribution in [-0.2, 0) is 16.1 Å². The van der Waals surface area contributed by atoms with Gasteiger partial charge in [-0.3, -0.25) is 19.0 Å². The van der Waals surface area contributed by atoms with E-state index in [2.05, 4.69) is 15.6 Å². The van der Waals surface area contributed by atoms with Gasteiger partial charge in [-0.2, -0.15) is 0 Å². The molecule has 0 radical (unpaired) electrons. The van der Waals surface area contributed by atoms with Crippen molar-refractivity contribution in [1.82, 2.24) is 20.2 Å². The van der Waals surface area contributed by atoms with E-state index < -0.39 is 11.2 Å². The van der Waals surface area contributed by atoms with Crippen LogP contribution in [0.5, 0.6) is 0 Å². The maximum atomic E-state index is 11.5. The van der Waals surface area contributed by atoms with Crippen LogP contribution in [0.15, 0.2) is 21.9 Å². The minimum Gasteiger partial charge on any atom is -0.359 e. The molecule has 0 saturated heterocycles. The van der Waals surface area contributed by atoms with E-state index in [1.807, 2.05) is 0 Å². The predicted octanol–water partition coefficient (Wildman–Crippen LogP) is -1.04. The number of carbonyl (C=O) groups is 2. The van der Waals surface area contributed by atoms with Crippen molar-refractivity contribution in [3.63, 3.8) is 0 Å². The van der Waals surface area contributed by atoms with Crippen LogP contribution in [0.4, 0.5) is 0 Å². The molecule has 1 aromatic heterocycles. The summed E-state index contributed by atoms with van der Waals surface area (Å²) in [6.45, 7) is 0.993. The maximum absolute atomic E-state index is 11.5. The number of unbranched alkanes of at least 4 members (excludes halogenated alkanes) is 2. The summed E-state index contributed by atoms with van der Waals surface area (Å²) in [5, 5.41) is 5.22. The van der Waals surface area contributed by atoms with Crippen molar-refractivity contribution in [3.05, 3.63) is 33.1 Å². The molecule has 0 fully saturated rings. The van der Waals surface area contributed by atoms with Gasteiger partial charge in [-0.25, -0.2) is 4.79 Å². The first-order valence-electron chi connectivity index (χ1n) is 6.87. The standard InChI is InChI=1S/C13H20N4O4/c18-10-14-6-3-1-2-4-11(19)15-8-9-17-12(20)5-7-16-13(17)21/h5,7,10H,1-4,6,8-9H2,(H,14,18)(H,15,19)(H,16,21). The highest BCUT2D eigenvalue weighted by atomic mass is 16.2. The molecule has 0 aromatic carbocycles. The van der Waals surface area contributed by atoms with Crippen LogP contribution in [0.25, 0.3) is 0 Å². The molecular formula is C13H20N4O4. The quantitative estimate of drug-likeness (QED) is 0.378. The fourth-order valence-electron chi connectivity index (χ4n) is 1.81. The van der Waals surface area contributed by atoms with Crippen molar-refractivity contribution in [1.29, 1.82) is 0 Å². The molecule has 1 rings (SSSR count). The van der Waals surface area contributed by atoms with Crippen LogP contribution in [0.1, 0.15) is 25.7 Å². The number of hydrogen-bond acceptors (Lipinski definition) is 4. The Bertz CT molecular complexity index is 536. The Hall–Kier alpha value is -2.38. The number of H-pyrrole nitrogens is 1. The summed E-state index contributed by atoms with van der Waals surface area (Å²) in [5.41, 5.74) is -0.880. The number of nitrogens with one attached hydrogen (secondary N) is 3. The van der Waals surface area contributed by atoms with Gasteiger partial charge in [0.15, 0.2) is 0 Å². The lowest BCUT2D eigenvalue weighted by Crippen LogP contribution is -2.38. The minimum absolute atomic E-state index is 0.112. The van der Waals surface area contributed by atoms with Crippen molar-refractivity contribution >= 4 is 12.3 Å². The Morgan fingerprint density at radius 2 is 2.05 bits per heavy atom. The molecule has 0 spiro atoms. The number of nitrogens with zero attached hydrogens (tertiary/aromatic N) is 1. The maximum Gasteiger partial charge on any atom is 0.328 e. The Balaban J connectivity index is 2.18. The van der Waals surface area contributed by atoms with Gasteiger partial charge in [0.05, 0.1) is 0 Å². The van der Waals surface area contributed by atoms with Crippen LogP contribution in [0.2, 0.25) is 0 Å². The number of hydrogen-bond donors (Lipinski definition) is 3. The second-order valence-electron chi connectivity index (χ2n) is 4.51. The summed E-state index contributed by atoms with van der Waals surface area (Å²) in [5.74, 6) is -0.112. The SMILES string of the molecule is O=CNCCCCCC(=O)NCCn1c(=O)cc[nH]c1=O. The summed E-state index contributed by atoms with van der Waals surface area (Å²) in [6.07, 6.45) is 4.76. The minimum atomic E-state index is -0.487. The Morgan fingerprint density at radius 1 is 1.24 bits per heavy atom. The topological polar surface area (TPSA) is 113 Å². The lowest BCUT2D eigenvalue weighted by atomic mass is 10.2. The number of aromatic nitrogens is 2. The van der Waals surface area contributed by atoms with Crippen molar-refractivity contribution in [2.75, 3.05) is 13.1 Å². The zero-order valence-corrected chi connectivity index (χ0v) is 11.8. The third-order valence-corrected chi connectivity index (χ3v) is 2.91. The van der Waals surface area contributed by atoms with Gasteiger partial charge >= 0.3 is 5.69 Å². The van der Waals surface area contributed by atoms with E-state index in [1.165, 1.54) is 12.3 Å². The molecule has 8 heteroatoms. The first-order chi connectivity index (χ1) is 10.1. The number of amides is 2. The van der Waals surface area contributed by atoms with E-state index in [9.17, 15) is 19.2 Å². The van der Waals surface area contributed by atoms with Gasteiger partial charge in [0, 0.05) is 38.3 Å². The fraction of sp³-hybridized carbons (Fsp3) is 0.538. The van der Waals surface area contributed by atoms with Gasteiger partial charge in [0.2, 0.25) is 12.3 Å². The molecule has 1 heterocycles. The molecule has 0 saturated carbocycles. The second kappa shape index (κ2) is 9.51. The van der Waals surface area contributed by atoms with Gasteiger partial charge < -0.3 is 15.6 Å². The van der Waals surface area contributed by atoms with Gasteiger partial charge in [0.1, 0.15) is 0 Å². The number of aromatic amines is 1. The Labute approximate surface area is 121 Å². The largest absolute Gasteiger partial charge is 0.359 e. The first-order valence-corrected chi connectivity index (χ1v) is 6.87. The summed E-state index contributed by atoms with van der Waals surface area (Å²) in [7, 11) is 0. The first kappa shape index (κ1) is 16.7. The van der Waals surface area contributed by atoms with E-state index in [0.29, 0.717) is 19.4 Å². The van der Waals surface area contributed by atoms with Crippen molar-refractivity contribution in [2.45, 2.75) is 32.2 Å². The Kier molecular flexibility index (Phi) is 7.55.